The molecular weight excluding hydrogens is 335 g/mol. The lowest BCUT2D eigenvalue weighted by Gasteiger charge is -2.12. The summed E-state index contributed by atoms with van der Waals surface area (Å²) in [5.41, 5.74) is -0.139. The van der Waals surface area contributed by atoms with Gasteiger partial charge in [-0.1, -0.05) is 0 Å². The molecule has 4 rings (SSSR count). The van der Waals surface area contributed by atoms with Crippen molar-refractivity contribution in [2.24, 2.45) is 0 Å². The van der Waals surface area contributed by atoms with Crippen molar-refractivity contribution in [3.63, 3.8) is 0 Å². The predicted octanol–water partition coefficient (Wildman–Crippen LogP) is 2.46. The smallest absolute Gasteiger partial charge is 0.435 e. The van der Waals surface area contributed by atoms with E-state index in [1.165, 1.54) is 24.6 Å². The SMILES string of the molecule is CCN1C=COC1=CC=c1c(C(F)(F)F)nn2c1nc1cccnc12. The first-order valence-corrected chi connectivity index (χ1v) is 7.51. The molecule has 0 spiro atoms. The summed E-state index contributed by atoms with van der Waals surface area (Å²) in [6.07, 6.45) is 2.86. The van der Waals surface area contributed by atoms with Crippen molar-refractivity contribution < 1.29 is 17.9 Å². The lowest BCUT2D eigenvalue weighted by atomic mass is 10.3. The van der Waals surface area contributed by atoms with Crippen LogP contribution in [0.25, 0.3) is 22.9 Å². The Bertz CT molecular complexity index is 1070. The summed E-state index contributed by atoms with van der Waals surface area (Å²) in [4.78, 5) is 10.1. The van der Waals surface area contributed by atoms with Gasteiger partial charge in [-0.25, -0.2) is 9.97 Å². The van der Waals surface area contributed by atoms with Crippen LogP contribution in [0, 0.1) is 0 Å². The third-order valence-corrected chi connectivity index (χ3v) is 3.80. The Morgan fingerprint density at radius 2 is 2.08 bits per heavy atom. The van der Waals surface area contributed by atoms with E-state index >= 15 is 0 Å². The lowest BCUT2D eigenvalue weighted by Crippen LogP contribution is -2.18. The number of alkyl halides is 3. The van der Waals surface area contributed by atoms with Gasteiger partial charge in [-0.2, -0.15) is 22.8 Å². The van der Waals surface area contributed by atoms with Gasteiger partial charge >= 0.3 is 6.18 Å². The Morgan fingerprint density at radius 3 is 2.84 bits per heavy atom. The van der Waals surface area contributed by atoms with E-state index in [0.29, 0.717) is 17.9 Å². The fourth-order valence-electron chi connectivity index (χ4n) is 2.66. The molecule has 128 valence electrons. The van der Waals surface area contributed by atoms with E-state index in [9.17, 15) is 13.2 Å². The maximum atomic E-state index is 13.4. The molecule has 0 aromatic carbocycles. The Morgan fingerprint density at radius 1 is 1.24 bits per heavy atom. The van der Waals surface area contributed by atoms with Crippen LogP contribution in [0.5, 0.6) is 0 Å². The molecule has 0 saturated heterocycles. The molecule has 0 saturated carbocycles. The number of nitrogens with zero attached hydrogens (tertiary/aromatic N) is 5. The Kier molecular flexibility index (Phi) is 3.38. The van der Waals surface area contributed by atoms with Crippen LogP contribution in [0.2, 0.25) is 0 Å². The van der Waals surface area contributed by atoms with Gasteiger partial charge < -0.3 is 9.64 Å². The second-order valence-corrected chi connectivity index (χ2v) is 5.31. The number of fused-ring (bicyclic) bond motifs is 3. The molecule has 0 amide bonds. The van der Waals surface area contributed by atoms with Crippen molar-refractivity contribution in [2.45, 2.75) is 13.1 Å². The van der Waals surface area contributed by atoms with Crippen molar-refractivity contribution in [3.05, 3.63) is 53.7 Å². The van der Waals surface area contributed by atoms with Crippen LogP contribution >= 0.6 is 0 Å². The van der Waals surface area contributed by atoms with E-state index in [1.807, 2.05) is 6.92 Å². The number of hydrogen-bond donors (Lipinski definition) is 0. The highest BCUT2D eigenvalue weighted by molar-refractivity contribution is 5.77. The van der Waals surface area contributed by atoms with Crippen molar-refractivity contribution >= 4 is 22.9 Å². The van der Waals surface area contributed by atoms with Crippen molar-refractivity contribution in [3.8, 4) is 0 Å². The summed E-state index contributed by atoms with van der Waals surface area (Å²) >= 11 is 0. The first kappa shape index (κ1) is 15.4. The number of allylic oxidation sites excluding steroid dienone is 1. The maximum absolute atomic E-state index is 13.4. The van der Waals surface area contributed by atoms with E-state index in [-0.39, 0.29) is 16.5 Å². The average Bonchev–Trinajstić information content (AvgIpc) is 3.25. The number of imidazole rings is 1. The predicted molar refractivity (Wildman–Crippen MR) is 83.7 cm³/mol. The van der Waals surface area contributed by atoms with Gasteiger partial charge in [0.15, 0.2) is 22.9 Å². The molecule has 4 heterocycles. The molecule has 0 bridgehead atoms. The summed E-state index contributed by atoms with van der Waals surface area (Å²) < 4.78 is 46.6. The first-order chi connectivity index (χ1) is 12.0. The Labute approximate surface area is 139 Å². The quantitative estimate of drug-likeness (QED) is 0.713. The number of hydrogen-bond acceptors (Lipinski definition) is 5. The Balaban J connectivity index is 1.97. The largest absolute Gasteiger partial charge is 0.447 e. The zero-order valence-electron chi connectivity index (χ0n) is 13.0. The summed E-state index contributed by atoms with van der Waals surface area (Å²) in [5, 5.41) is 3.57. The zero-order valence-corrected chi connectivity index (χ0v) is 13.0. The van der Waals surface area contributed by atoms with Crippen LogP contribution in [0.3, 0.4) is 0 Å². The lowest BCUT2D eigenvalue weighted by molar-refractivity contribution is -0.142. The number of aromatic nitrogens is 4. The molecule has 25 heavy (non-hydrogen) atoms. The topological polar surface area (TPSA) is 55.5 Å². The molecular formula is C16H12F3N5O. The molecule has 3 aromatic heterocycles. The van der Waals surface area contributed by atoms with Gasteiger partial charge in [0.2, 0.25) is 0 Å². The highest BCUT2D eigenvalue weighted by Gasteiger charge is 2.37. The Hall–Kier alpha value is -3.10. The molecule has 0 aliphatic carbocycles. The van der Waals surface area contributed by atoms with Crippen molar-refractivity contribution in [1.82, 2.24) is 24.5 Å². The summed E-state index contributed by atoms with van der Waals surface area (Å²) in [7, 11) is 0. The molecule has 0 atom stereocenters. The van der Waals surface area contributed by atoms with E-state index in [4.69, 9.17) is 4.74 Å². The van der Waals surface area contributed by atoms with Crippen LogP contribution in [0.15, 0.2) is 42.8 Å². The second kappa shape index (κ2) is 5.47. The minimum atomic E-state index is -4.61. The van der Waals surface area contributed by atoms with Crippen LogP contribution in [-0.2, 0) is 10.9 Å². The minimum Gasteiger partial charge on any atom is -0.447 e. The van der Waals surface area contributed by atoms with Gasteiger partial charge in [0.1, 0.15) is 11.8 Å². The van der Waals surface area contributed by atoms with Crippen LogP contribution in [-0.4, -0.2) is 31.0 Å². The first-order valence-electron chi connectivity index (χ1n) is 7.51. The molecule has 0 fully saturated rings. The minimum absolute atomic E-state index is 0.104. The van der Waals surface area contributed by atoms with Crippen LogP contribution in [0.1, 0.15) is 12.6 Å². The molecule has 1 aliphatic heterocycles. The zero-order chi connectivity index (χ0) is 17.6. The van der Waals surface area contributed by atoms with Gasteiger partial charge in [0.25, 0.3) is 0 Å². The van der Waals surface area contributed by atoms with Crippen molar-refractivity contribution in [1.29, 1.82) is 0 Å². The van der Waals surface area contributed by atoms with Gasteiger partial charge in [-0.3, -0.25) is 0 Å². The molecule has 6 nitrogen and oxygen atoms in total. The number of rotatable bonds is 2. The normalized spacial score (nSPS) is 17.4. The van der Waals surface area contributed by atoms with Crippen molar-refractivity contribution in [2.75, 3.05) is 6.54 Å². The standard InChI is InChI=1S/C16H12F3N5O/c1-2-23-8-9-25-12(23)6-5-10-13(16(17,18)19)22-24-14(10)21-11-4-3-7-20-15(11)24/h3-9H,2H2,1H3. The molecule has 0 unspecified atom stereocenters. The number of halogens is 3. The number of ether oxygens (including phenoxy) is 1. The van der Waals surface area contributed by atoms with E-state index in [1.54, 1.807) is 23.2 Å². The maximum Gasteiger partial charge on any atom is 0.435 e. The molecule has 0 radical (unpaired) electrons. The summed E-state index contributed by atoms with van der Waals surface area (Å²) in [6.45, 7) is 2.54. The highest BCUT2D eigenvalue weighted by Crippen LogP contribution is 2.27. The highest BCUT2D eigenvalue weighted by atomic mass is 19.4. The van der Waals surface area contributed by atoms with Gasteiger partial charge in [-0.15, -0.1) is 0 Å². The van der Waals surface area contributed by atoms with Gasteiger partial charge in [0, 0.05) is 18.9 Å². The van der Waals surface area contributed by atoms with E-state index in [2.05, 4.69) is 15.1 Å². The fourth-order valence-corrected chi connectivity index (χ4v) is 2.66. The molecule has 3 aromatic rings. The monoisotopic (exact) mass is 347 g/mol. The third-order valence-electron chi connectivity index (χ3n) is 3.80. The van der Waals surface area contributed by atoms with E-state index < -0.39 is 11.9 Å². The van der Waals surface area contributed by atoms with E-state index in [0.717, 1.165) is 4.52 Å². The molecule has 1 aliphatic rings. The third kappa shape index (κ3) is 2.48. The van der Waals surface area contributed by atoms with Crippen LogP contribution < -0.4 is 5.22 Å². The van der Waals surface area contributed by atoms with Gasteiger partial charge in [-0.05, 0) is 31.2 Å². The molecule has 9 heteroatoms. The van der Waals surface area contributed by atoms with Crippen LogP contribution in [0.4, 0.5) is 13.2 Å². The van der Waals surface area contributed by atoms with Gasteiger partial charge in [0.05, 0.1) is 5.22 Å². The average molecular weight is 347 g/mol. The second-order valence-electron chi connectivity index (χ2n) is 5.31. The summed E-state index contributed by atoms with van der Waals surface area (Å²) in [5.74, 6) is 0.434. The summed E-state index contributed by atoms with van der Waals surface area (Å²) in [6, 6.07) is 3.34. The molecule has 0 N–H and O–H groups in total. The number of pyridine rings is 1. The fraction of sp³-hybridized carbons (Fsp3) is 0.188.